The minimum atomic E-state index is -1.36. The van der Waals surface area contributed by atoms with Gasteiger partial charge < -0.3 is 26.0 Å². The van der Waals surface area contributed by atoms with E-state index in [1.807, 2.05) is 30.3 Å². The number of para-hydroxylation sites is 1. The summed E-state index contributed by atoms with van der Waals surface area (Å²) in [6, 6.07) is 11.8. The number of allylic oxidation sites excluding steroid dienone is 2. The standard InChI is InChI=1S/C29H31N7O3/c1-3-25(37)35-27(38)29(13-4-5-14-32-29)22-8-6-7-19-18-31-28(36-26(19)22)34-23-10-9-21(17-24(23)39-2)33-20-11-15-30-16-12-20/h3-10,13-14,17-18,20,30,32-33H,1,11-12,15-16H2,2H3,(H,31,34,36)(H,35,37,38). The summed E-state index contributed by atoms with van der Waals surface area (Å²) >= 11 is 0. The van der Waals surface area contributed by atoms with Crippen molar-refractivity contribution in [2.75, 3.05) is 30.8 Å². The number of benzene rings is 2. The largest absolute Gasteiger partial charge is 0.494 e. The average molecular weight is 526 g/mol. The van der Waals surface area contributed by atoms with E-state index in [0.29, 0.717) is 34.5 Å². The van der Waals surface area contributed by atoms with E-state index in [2.05, 4.69) is 38.1 Å². The molecule has 2 amide bonds. The normalized spacial score (nSPS) is 18.7. The minimum absolute atomic E-state index is 0.334. The fraction of sp³-hybridized carbons (Fsp3) is 0.241. The second-order valence-corrected chi connectivity index (χ2v) is 9.34. The first-order valence-electron chi connectivity index (χ1n) is 12.8. The van der Waals surface area contributed by atoms with E-state index in [0.717, 1.165) is 43.1 Å². The Bertz CT molecular complexity index is 1460. The van der Waals surface area contributed by atoms with Crippen LogP contribution in [0, 0.1) is 0 Å². The number of imide groups is 1. The lowest BCUT2D eigenvalue weighted by Gasteiger charge is -2.32. The number of nitrogens with one attached hydrogen (secondary N) is 5. The Balaban J connectivity index is 1.47. The van der Waals surface area contributed by atoms with E-state index in [-0.39, 0.29) is 0 Å². The number of methoxy groups -OCH3 is 1. The highest BCUT2D eigenvalue weighted by Crippen LogP contribution is 2.34. The van der Waals surface area contributed by atoms with Gasteiger partial charge in [0.05, 0.1) is 18.3 Å². The van der Waals surface area contributed by atoms with E-state index in [9.17, 15) is 9.59 Å². The fourth-order valence-electron chi connectivity index (χ4n) is 4.82. The summed E-state index contributed by atoms with van der Waals surface area (Å²) in [5, 5.41) is 16.4. The van der Waals surface area contributed by atoms with Crippen LogP contribution in [0.5, 0.6) is 5.75 Å². The lowest BCUT2D eigenvalue weighted by molar-refractivity contribution is -0.131. The van der Waals surface area contributed by atoms with Crippen LogP contribution in [-0.4, -0.2) is 48.0 Å². The number of anilines is 3. The van der Waals surface area contributed by atoms with Crippen LogP contribution >= 0.6 is 0 Å². The van der Waals surface area contributed by atoms with Crippen molar-refractivity contribution in [3.63, 3.8) is 0 Å². The molecule has 0 spiro atoms. The summed E-state index contributed by atoms with van der Waals surface area (Å²) in [4.78, 5) is 34.6. The Morgan fingerprint density at radius 2 is 2.03 bits per heavy atom. The van der Waals surface area contributed by atoms with Gasteiger partial charge in [-0.15, -0.1) is 0 Å². The zero-order valence-electron chi connectivity index (χ0n) is 21.7. The van der Waals surface area contributed by atoms with Crippen LogP contribution in [0.4, 0.5) is 17.3 Å². The average Bonchev–Trinajstić information content (AvgIpc) is 2.98. The summed E-state index contributed by atoms with van der Waals surface area (Å²) in [6.07, 6.45) is 11.7. The molecular weight excluding hydrogens is 494 g/mol. The molecule has 1 fully saturated rings. The van der Waals surface area contributed by atoms with Gasteiger partial charge in [-0.2, -0.15) is 0 Å². The van der Waals surface area contributed by atoms with Gasteiger partial charge in [0.25, 0.3) is 5.91 Å². The molecule has 5 N–H and O–H groups in total. The topological polar surface area (TPSA) is 129 Å². The zero-order valence-corrected chi connectivity index (χ0v) is 21.7. The Hall–Kier alpha value is -4.70. The number of carbonyl (C=O) groups excluding carboxylic acids is 2. The SMILES string of the molecule is C=CC(=O)NC(=O)C1(c2cccc3cnc(Nc4ccc(NC5CCNCC5)cc4OC)nc23)C=CC=CN1. The predicted molar refractivity (Wildman–Crippen MR) is 152 cm³/mol. The summed E-state index contributed by atoms with van der Waals surface area (Å²) < 4.78 is 5.66. The number of amides is 2. The molecule has 3 heterocycles. The molecule has 1 aromatic heterocycles. The second kappa shape index (κ2) is 11.4. The van der Waals surface area contributed by atoms with Crippen molar-refractivity contribution < 1.29 is 14.3 Å². The molecular formula is C29H31N7O3. The van der Waals surface area contributed by atoms with Gasteiger partial charge in [0.2, 0.25) is 11.9 Å². The molecule has 0 saturated carbocycles. The minimum Gasteiger partial charge on any atom is -0.494 e. The Kier molecular flexibility index (Phi) is 7.55. The van der Waals surface area contributed by atoms with Crippen molar-refractivity contribution >= 4 is 40.0 Å². The zero-order chi connectivity index (χ0) is 27.2. The molecule has 5 rings (SSSR count). The van der Waals surface area contributed by atoms with Gasteiger partial charge in [0.1, 0.15) is 5.75 Å². The number of fused-ring (bicyclic) bond motifs is 1. The third kappa shape index (κ3) is 5.46. The van der Waals surface area contributed by atoms with Gasteiger partial charge in [-0.05, 0) is 62.5 Å². The summed E-state index contributed by atoms with van der Waals surface area (Å²) in [6.45, 7) is 5.45. The molecule has 0 bridgehead atoms. The van der Waals surface area contributed by atoms with Gasteiger partial charge in [0, 0.05) is 34.9 Å². The smallest absolute Gasteiger partial charge is 0.261 e. The fourth-order valence-corrected chi connectivity index (χ4v) is 4.82. The number of rotatable bonds is 8. The number of aromatic nitrogens is 2. The number of piperidine rings is 1. The van der Waals surface area contributed by atoms with Crippen molar-refractivity contribution in [1.29, 1.82) is 0 Å². The van der Waals surface area contributed by atoms with Crippen molar-refractivity contribution in [3.8, 4) is 5.75 Å². The molecule has 1 unspecified atom stereocenters. The van der Waals surface area contributed by atoms with E-state index < -0.39 is 17.4 Å². The van der Waals surface area contributed by atoms with Crippen LogP contribution in [0.25, 0.3) is 10.9 Å². The van der Waals surface area contributed by atoms with Crippen LogP contribution in [-0.2, 0) is 15.1 Å². The van der Waals surface area contributed by atoms with Crippen LogP contribution in [0.15, 0.2) is 79.7 Å². The van der Waals surface area contributed by atoms with Crippen LogP contribution in [0.2, 0.25) is 0 Å². The first kappa shape index (κ1) is 25.9. The first-order chi connectivity index (χ1) is 19.0. The maximum absolute atomic E-state index is 13.4. The molecule has 200 valence electrons. The Morgan fingerprint density at radius 1 is 1.18 bits per heavy atom. The number of hydrogen-bond donors (Lipinski definition) is 5. The lowest BCUT2D eigenvalue weighted by atomic mass is 9.85. The lowest BCUT2D eigenvalue weighted by Crippen LogP contribution is -2.53. The van der Waals surface area contributed by atoms with E-state index in [1.54, 1.807) is 43.8 Å². The molecule has 1 atom stereocenters. The number of carbonyl (C=O) groups is 2. The number of nitrogens with zero attached hydrogens (tertiary/aromatic N) is 2. The predicted octanol–water partition coefficient (Wildman–Crippen LogP) is 3.24. The van der Waals surface area contributed by atoms with E-state index >= 15 is 0 Å². The van der Waals surface area contributed by atoms with Crippen LogP contribution < -0.4 is 31.3 Å². The monoisotopic (exact) mass is 525 g/mol. The highest BCUT2D eigenvalue weighted by atomic mass is 16.5. The molecule has 1 saturated heterocycles. The summed E-state index contributed by atoms with van der Waals surface area (Å²) in [5.41, 5.74) is 1.43. The molecule has 39 heavy (non-hydrogen) atoms. The molecule has 2 aliphatic heterocycles. The molecule has 10 heteroatoms. The van der Waals surface area contributed by atoms with Crippen LogP contribution in [0.1, 0.15) is 18.4 Å². The molecule has 2 aromatic carbocycles. The molecule has 10 nitrogen and oxygen atoms in total. The Morgan fingerprint density at radius 3 is 2.77 bits per heavy atom. The molecule has 0 radical (unpaired) electrons. The Labute approximate surface area is 226 Å². The van der Waals surface area contributed by atoms with Gasteiger partial charge in [0.15, 0.2) is 5.54 Å². The third-order valence-electron chi connectivity index (χ3n) is 6.84. The van der Waals surface area contributed by atoms with Crippen LogP contribution in [0.3, 0.4) is 0 Å². The van der Waals surface area contributed by atoms with E-state index in [1.165, 1.54) is 0 Å². The molecule has 0 aliphatic carbocycles. The quantitative estimate of drug-likeness (QED) is 0.282. The number of dihydropyridines is 1. The van der Waals surface area contributed by atoms with Gasteiger partial charge in [-0.1, -0.05) is 30.9 Å². The van der Waals surface area contributed by atoms with Crippen molar-refractivity contribution in [1.82, 2.24) is 25.9 Å². The highest BCUT2D eigenvalue weighted by molar-refractivity contribution is 6.07. The van der Waals surface area contributed by atoms with Gasteiger partial charge in [-0.25, -0.2) is 9.97 Å². The molecule has 3 aromatic rings. The first-order valence-corrected chi connectivity index (χ1v) is 12.8. The summed E-state index contributed by atoms with van der Waals surface area (Å²) in [7, 11) is 1.62. The maximum Gasteiger partial charge on any atom is 0.261 e. The number of ether oxygens (including phenoxy) is 1. The van der Waals surface area contributed by atoms with Crippen molar-refractivity contribution in [2.45, 2.75) is 24.4 Å². The maximum atomic E-state index is 13.4. The summed E-state index contributed by atoms with van der Waals surface area (Å²) in [5.74, 6) is -0.161. The van der Waals surface area contributed by atoms with Crippen molar-refractivity contribution in [3.05, 3.63) is 85.2 Å². The third-order valence-corrected chi connectivity index (χ3v) is 6.84. The van der Waals surface area contributed by atoms with Gasteiger partial charge in [-0.3, -0.25) is 14.9 Å². The highest BCUT2D eigenvalue weighted by Gasteiger charge is 2.40. The molecule has 2 aliphatic rings. The second-order valence-electron chi connectivity index (χ2n) is 9.34. The van der Waals surface area contributed by atoms with Crippen molar-refractivity contribution in [2.24, 2.45) is 0 Å². The van der Waals surface area contributed by atoms with Gasteiger partial charge >= 0.3 is 0 Å². The van der Waals surface area contributed by atoms with E-state index in [4.69, 9.17) is 9.72 Å². The number of hydrogen-bond acceptors (Lipinski definition) is 9.